The van der Waals surface area contributed by atoms with E-state index < -0.39 is 0 Å². The lowest BCUT2D eigenvalue weighted by Crippen LogP contribution is -1.84. The summed E-state index contributed by atoms with van der Waals surface area (Å²) in [5, 5.41) is 7.78. The average Bonchev–Trinajstić information content (AvgIpc) is 3.39. The van der Waals surface area contributed by atoms with Crippen molar-refractivity contribution in [2.24, 2.45) is 0 Å². The lowest BCUT2D eigenvalue weighted by Gasteiger charge is -2.10. The van der Waals surface area contributed by atoms with Gasteiger partial charge in [0.2, 0.25) is 0 Å². The van der Waals surface area contributed by atoms with Crippen molar-refractivity contribution >= 4 is 32.3 Å². The van der Waals surface area contributed by atoms with Gasteiger partial charge in [-0.3, -0.25) is 0 Å². The Hall–Kier alpha value is -5.46. The molecule has 0 saturated heterocycles. The highest BCUT2D eigenvalue weighted by Gasteiger charge is 2.23. The average molecular weight is 531 g/mol. The SMILES string of the molecule is c1ccc2cc(-c3ccc(-c4ccc5c(c4)-c4cccc6c(-c7ccc8ccccc8c7)ccc-5c46)cc3)ccc2c1. The maximum absolute atomic E-state index is 2.38. The number of fused-ring (bicyclic) bond motifs is 5. The lowest BCUT2D eigenvalue weighted by molar-refractivity contribution is 1.60. The van der Waals surface area contributed by atoms with Crippen molar-refractivity contribution in [3.8, 4) is 55.6 Å². The Kier molecular flexibility index (Phi) is 5.00. The third-order valence-corrected chi connectivity index (χ3v) is 9.00. The summed E-state index contributed by atoms with van der Waals surface area (Å²) in [6.07, 6.45) is 0. The number of hydrogen-bond acceptors (Lipinski definition) is 0. The Morgan fingerprint density at radius 1 is 0.238 bits per heavy atom. The van der Waals surface area contributed by atoms with E-state index in [0.29, 0.717) is 0 Å². The predicted octanol–water partition coefficient (Wildman–Crippen LogP) is 11.8. The first kappa shape index (κ1) is 23.3. The quantitative estimate of drug-likeness (QED) is 0.213. The monoisotopic (exact) mass is 530 g/mol. The normalized spacial score (nSPS) is 11.8. The Bertz CT molecular complexity index is 2340. The molecule has 0 fully saturated rings. The van der Waals surface area contributed by atoms with Crippen LogP contribution in [0, 0.1) is 0 Å². The summed E-state index contributed by atoms with van der Waals surface area (Å²) in [7, 11) is 0. The van der Waals surface area contributed by atoms with Gasteiger partial charge < -0.3 is 0 Å². The minimum Gasteiger partial charge on any atom is -0.0616 e. The smallest absolute Gasteiger partial charge is 0.00201 e. The van der Waals surface area contributed by atoms with Crippen molar-refractivity contribution in [2.75, 3.05) is 0 Å². The summed E-state index contributed by atoms with van der Waals surface area (Å²) in [6.45, 7) is 0. The first-order valence-corrected chi connectivity index (χ1v) is 14.6. The molecule has 8 aromatic rings. The highest BCUT2D eigenvalue weighted by molar-refractivity contribution is 6.19. The van der Waals surface area contributed by atoms with Crippen molar-refractivity contribution in [3.05, 3.63) is 158 Å². The zero-order chi connectivity index (χ0) is 27.6. The topological polar surface area (TPSA) is 0 Å². The molecule has 0 aromatic heterocycles. The lowest BCUT2D eigenvalue weighted by atomic mass is 9.93. The Morgan fingerprint density at radius 2 is 0.738 bits per heavy atom. The van der Waals surface area contributed by atoms with Crippen molar-refractivity contribution in [2.45, 2.75) is 0 Å². The van der Waals surface area contributed by atoms with E-state index in [4.69, 9.17) is 0 Å². The van der Waals surface area contributed by atoms with E-state index in [0.717, 1.165) is 0 Å². The van der Waals surface area contributed by atoms with Crippen LogP contribution >= 0.6 is 0 Å². The molecule has 0 radical (unpaired) electrons. The summed E-state index contributed by atoms with van der Waals surface area (Å²) in [6, 6.07) is 58.1. The molecule has 1 aliphatic carbocycles. The Balaban J connectivity index is 1.11. The molecule has 194 valence electrons. The van der Waals surface area contributed by atoms with Crippen LogP contribution in [0.25, 0.3) is 88.0 Å². The summed E-state index contributed by atoms with van der Waals surface area (Å²) in [5.74, 6) is 0. The molecule has 0 amide bonds. The fraction of sp³-hybridized carbons (Fsp3) is 0. The van der Waals surface area contributed by atoms with Gasteiger partial charge >= 0.3 is 0 Å². The molecule has 0 aliphatic heterocycles. The van der Waals surface area contributed by atoms with E-state index in [1.54, 1.807) is 0 Å². The van der Waals surface area contributed by atoms with Gasteiger partial charge in [-0.05, 0) is 106 Å². The Labute approximate surface area is 245 Å². The molecule has 0 atom stereocenters. The molecule has 42 heavy (non-hydrogen) atoms. The van der Waals surface area contributed by atoms with E-state index in [1.807, 2.05) is 0 Å². The van der Waals surface area contributed by atoms with Crippen LogP contribution in [0.1, 0.15) is 0 Å². The van der Waals surface area contributed by atoms with Gasteiger partial charge in [0.15, 0.2) is 0 Å². The van der Waals surface area contributed by atoms with E-state index in [-0.39, 0.29) is 0 Å². The summed E-state index contributed by atoms with van der Waals surface area (Å²) < 4.78 is 0. The highest BCUT2D eigenvalue weighted by Crippen LogP contribution is 2.50. The molecule has 0 N–H and O–H groups in total. The molecular weight excluding hydrogens is 504 g/mol. The van der Waals surface area contributed by atoms with Crippen LogP contribution < -0.4 is 0 Å². The van der Waals surface area contributed by atoms with E-state index in [2.05, 4.69) is 158 Å². The van der Waals surface area contributed by atoms with Crippen LogP contribution in [0.5, 0.6) is 0 Å². The third kappa shape index (κ3) is 3.56. The second-order valence-corrected chi connectivity index (χ2v) is 11.4. The van der Waals surface area contributed by atoms with Crippen molar-refractivity contribution in [1.82, 2.24) is 0 Å². The first-order chi connectivity index (χ1) is 20.8. The van der Waals surface area contributed by atoms with Gasteiger partial charge in [-0.1, -0.05) is 140 Å². The van der Waals surface area contributed by atoms with Gasteiger partial charge in [-0.25, -0.2) is 0 Å². The van der Waals surface area contributed by atoms with Crippen LogP contribution in [-0.4, -0.2) is 0 Å². The summed E-state index contributed by atoms with van der Waals surface area (Å²) >= 11 is 0. The summed E-state index contributed by atoms with van der Waals surface area (Å²) in [4.78, 5) is 0. The van der Waals surface area contributed by atoms with Crippen molar-refractivity contribution < 1.29 is 0 Å². The van der Waals surface area contributed by atoms with Gasteiger partial charge in [-0.15, -0.1) is 0 Å². The second kappa shape index (κ2) is 9.03. The fourth-order valence-corrected chi connectivity index (χ4v) is 6.87. The van der Waals surface area contributed by atoms with E-state index in [9.17, 15) is 0 Å². The van der Waals surface area contributed by atoms with E-state index >= 15 is 0 Å². The van der Waals surface area contributed by atoms with Crippen LogP contribution in [0.15, 0.2) is 158 Å². The zero-order valence-corrected chi connectivity index (χ0v) is 23.0. The standard InChI is InChI=1S/C42H26/c1-3-8-31-24-33(18-16-27(31)6-1)29-12-14-30(15-13-29)34-20-21-37-40-23-22-36(35-19-17-28-7-2-4-9-32(28)25-35)38-10-5-11-39(42(38)40)41(37)26-34/h1-26H. The molecule has 0 heterocycles. The number of rotatable bonds is 3. The minimum absolute atomic E-state index is 1.24. The fourth-order valence-electron chi connectivity index (χ4n) is 6.87. The van der Waals surface area contributed by atoms with Crippen LogP contribution in [0.2, 0.25) is 0 Å². The van der Waals surface area contributed by atoms with E-state index in [1.165, 1.54) is 88.0 Å². The van der Waals surface area contributed by atoms with Crippen molar-refractivity contribution in [1.29, 1.82) is 0 Å². The van der Waals surface area contributed by atoms with Crippen LogP contribution in [0.4, 0.5) is 0 Å². The van der Waals surface area contributed by atoms with Crippen molar-refractivity contribution in [3.63, 3.8) is 0 Å². The van der Waals surface area contributed by atoms with Gasteiger partial charge in [0.05, 0.1) is 0 Å². The van der Waals surface area contributed by atoms with Crippen LogP contribution in [-0.2, 0) is 0 Å². The molecule has 8 aromatic carbocycles. The number of hydrogen-bond donors (Lipinski definition) is 0. The molecule has 0 spiro atoms. The predicted molar refractivity (Wildman–Crippen MR) is 180 cm³/mol. The summed E-state index contributed by atoms with van der Waals surface area (Å²) in [5.41, 5.74) is 12.8. The Morgan fingerprint density at radius 3 is 1.45 bits per heavy atom. The maximum Gasteiger partial charge on any atom is -0.00201 e. The molecule has 9 rings (SSSR count). The van der Waals surface area contributed by atoms with Gasteiger partial charge in [-0.2, -0.15) is 0 Å². The molecular formula is C42H26. The highest BCUT2D eigenvalue weighted by atomic mass is 14.3. The third-order valence-electron chi connectivity index (χ3n) is 9.00. The second-order valence-electron chi connectivity index (χ2n) is 11.4. The first-order valence-electron chi connectivity index (χ1n) is 14.6. The zero-order valence-electron chi connectivity index (χ0n) is 23.0. The molecule has 0 saturated carbocycles. The van der Waals surface area contributed by atoms with Gasteiger partial charge in [0.25, 0.3) is 0 Å². The van der Waals surface area contributed by atoms with Gasteiger partial charge in [0.1, 0.15) is 0 Å². The van der Waals surface area contributed by atoms with Crippen LogP contribution in [0.3, 0.4) is 0 Å². The number of benzene rings is 8. The maximum atomic E-state index is 2.38. The molecule has 0 unspecified atom stereocenters. The molecule has 0 nitrogen and oxygen atoms in total. The molecule has 1 aliphatic rings. The largest absolute Gasteiger partial charge is 0.0616 e. The minimum atomic E-state index is 1.24. The molecule has 0 bridgehead atoms. The van der Waals surface area contributed by atoms with Gasteiger partial charge in [0, 0.05) is 0 Å². The molecule has 0 heteroatoms.